The van der Waals surface area contributed by atoms with Crippen LogP contribution in [0.3, 0.4) is 0 Å². The summed E-state index contributed by atoms with van der Waals surface area (Å²) >= 11 is 0. The summed E-state index contributed by atoms with van der Waals surface area (Å²) in [6.45, 7) is 7.78. The van der Waals surface area contributed by atoms with E-state index in [4.69, 9.17) is 0 Å². The zero-order valence-electron chi connectivity index (χ0n) is 23.1. The molecule has 2 amide bonds. The highest BCUT2D eigenvalue weighted by Crippen LogP contribution is 2.24. The lowest BCUT2D eigenvalue weighted by atomic mass is 9.96. The Balaban J connectivity index is 1.38. The van der Waals surface area contributed by atoms with Crippen LogP contribution >= 0.6 is 0 Å². The third-order valence-electron chi connectivity index (χ3n) is 7.80. The van der Waals surface area contributed by atoms with Crippen molar-refractivity contribution in [1.29, 1.82) is 0 Å². The lowest BCUT2D eigenvalue weighted by Gasteiger charge is -2.40. The Bertz CT molecular complexity index is 1190. The predicted molar refractivity (Wildman–Crippen MR) is 153 cm³/mol. The van der Waals surface area contributed by atoms with Crippen molar-refractivity contribution in [2.75, 3.05) is 13.1 Å². The van der Waals surface area contributed by atoms with Gasteiger partial charge in [-0.15, -0.1) is 0 Å². The lowest BCUT2D eigenvalue weighted by Crippen LogP contribution is -2.48. The fourth-order valence-electron chi connectivity index (χ4n) is 5.34. The summed E-state index contributed by atoms with van der Waals surface area (Å²) in [7, 11) is 0. The van der Waals surface area contributed by atoms with E-state index in [2.05, 4.69) is 29.0 Å². The molecule has 206 valence electrons. The maximum atomic E-state index is 13.6. The maximum absolute atomic E-state index is 13.6. The standard InChI is InChI=1S/C33H40FN3O2/c1-3-28(4-2)33(39)37(31-18-20-36(21-19-31)23-26-12-16-30(34)17-13-26)24-27-10-14-29(15-11-27)32(38)35-22-25-8-6-5-7-9-25/h5-17,28,31H,3-4,18-24H2,1-2H3,(H,35,38). The lowest BCUT2D eigenvalue weighted by molar-refractivity contribution is -0.140. The first-order valence-electron chi connectivity index (χ1n) is 14.1. The van der Waals surface area contributed by atoms with Crippen LogP contribution in [0.4, 0.5) is 4.39 Å². The Hall–Kier alpha value is -3.51. The Morgan fingerprint density at radius 2 is 1.49 bits per heavy atom. The van der Waals surface area contributed by atoms with Gasteiger partial charge in [0.05, 0.1) is 0 Å². The van der Waals surface area contributed by atoms with E-state index in [0.29, 0.717) is 18.7 Å². The molecule has 1 saturated heterocycles. The molecule has 6 heteroatoms. The first kappa shape index (κ1) is 28.5. The molecule has 3 aromatic rings. The molecule has 0 bridgehead atoms. The summed E-state index contributed by atoms with van der Waals surface area (Å²) in [5, 5.41) is 2.97. The summed E-state index contributed by atoms with van der Waals surface area (Å²) in [5.41, 5.74) is 3.80. The topological polar surface area (TPSA) is 52.7 Å². The Morgan fingerprint density at radius 1 is 0.872 bits per heavy atom. The van der Waals surface area contributed by atoms with Crippen molar-refractivity contribution in [2.45, 2.75) is 65.2 Å². The van der Waals surface area contributed by atoms with Crippen LogP contribution < -0.4 is 5.32 Å². The monoisotopic (exact) mass is 529 g/mol. The molecule has 3 aromatic carbocycles. The van der Waals surface area contributed by atoms with Crippen molar-refractivity contribution in [1.82, 2.24) is 15.1 Å². The van der Waals surface area contributed by atoms with Crippen LogP contribution in [-0.2, 0) is 24.4 Å². The molecule has 1 aliphatic heterocycles. The number of nitrogens with zero attached hydrogens (tertiary/aromatic N) is 2. The zero-order chi connectivity index (χ0) is 27.6. The van der Waals surface area contributed by atoms with Gasteiger partial charge in [-0.3, -0.25) is 14.5 Å². The van der Waals surface area contributed by atoms with Gasteiger partial charge in [-0.2, -0.15) is 0 Å². The number of rotatable bonds is 11. The highest BCUT2D eigenvalue weighted by atomic mass is 19.1. The number of carbonyl (C=O) groups excluding carboxylic acids is 2. The molecule has 1 aliphatic rings. The molecule has 4 rings (SSSR count). The second-order valence-electron chi connectivity index (χ2n) is 10.5. The fourth-order valence-corrected chi connectivity index (χ4v) is 5.34. The first-order valence-corrected chi connectivity index (χ1v) is 14.1. The van der Waals surface area contributed by atoms with Gasteiger partial charge in [0.15, 0.2) is 0 Å². The van der Waals surface area contributed by atoms with Crippen molar-refractivity contribution in [3.05, 3.63) is 107 Å². The SMILES string of the molecule is CCC(CC)C(=O)N(Cc1ccc(C(=O)NCc2ccccc2)cc1)C1CCN(Cc2ccc(F)cc2)CC1. The molecular formula is C33H40FN3O2. The van der Waals surface area contributed by atoms with Crippen molar-refractivity contribution in [3.63, 3.8) is 0 Å². The highest BCUT2D eigenvalue weighted by Gasteiger charge is 2.31. The molecule has 0 aliphatic carbocycles. The van der Waals surface area contributed by atoms with E-state index in [9.17, 15) is 14.0 Å². The summed E-state index contributed by atoms with van der Waals surface area (Å²) in [6.07, 6.45) is 3.48. The number of benzene rings is 3. The Morgan fingerprint density at radius 3 is 2.10 bits per heavy atom. The van der Waals surface area contributed by atoms with Gasteiger partial charge in [-0.25, -0.2) is 4.39 Å². The minimum atomic E-state index is -0.214. The number of halogens is 1. The van der Waals surface area contributed by atoms with Crippen LogP contribution in [0, 0.1) is 11.7 Å². The number of hydrogen-bond donors (Lipinski definition) is 1. The van der Waals surface area contributed by atoms with Crippen molar-refractivity contribution in [2.24, 2.45) is 5.92 Å². The van der Waals surface area contributed by atoms with Gasteiger partial charge in [0.25, 0.3) is 5.91 Å². The third-order valence-corrected chi connectivity index (χ3v) is 7.80. The van der Waals surface area contributed by atoms with Crippen molar-refractivity contribution in [3.8, 4) is 0 Å². The van der Waals surface area contributed by atoms with Crippen molar-refractivity contribution >= 4 is 11.8 Å². The van der Waals surface area contributed by atoms with Gasteiger partial charge in [0, 0.05) is 50.2 Å². The largest absolute Gasteiger partial charge is 0.348 e. The van der Waals surface area contributed by atoms with E-state index >= 15 is 0 Å². The summed E-state index contributed by atoms with van der Waals surface area (Å²) in [6, 6.07) is 24.4. The van der Waals surface area contributed by atoms with Crippen LogP contribution in [0.1, 0.15) is 66.6 Å². The predicted octanol–water partition coefficient (Wildman–Crippen LogP) is 6.19. The second kappa shape index (κ2) is 14.0. The van der Waals surface area contributed by atoms with Gasteiger partial charge < -0.3 is 10.2 Å². The number of amides is 2. The fraction of sp³-hybridized carbons (Fsp3) is 0.394. The number of likely N-dealkylation sites (tertiary alicyclic amines) is 1. The third kappa shape index (κ3) is 7.99. The van der Waals surface area contributed by atoms with Crippen LogP contribution in [-0.4, -0.2) is 40.7 Å². The quantitative estimate of drug-likeness (QED) is 0.323. The average Bonchev–Trinajstić information content (AvgIpc) is 2.98. The molecule has 39 heavy (non-hydrogen) atoms. The smallest absolute Gasteiger partial charge is 0.251 e. The van der Waals surface area contributed by atoms with E-state index in [1.165, 1.54) is 12.1 Å². The van der Waals surface area contributed by atoms with E-state index in [1.807, 2.05) is 66.7 Å². The van der Waals surface area contributed by atoms with Gasteiger partial charge in [0.2, 0.25) is 5.91 Å². The number of carbonyl (C=O) groups is 2. The van der Waals surface area contributed by atoms with Crippen LogP contribution in [0.2, 0.25) is 0 Å². The minimum Gasteiger partial charge on any atom is -0.348 e. The van der Waals surface area contributed by atoms with Crippen LogP contribution in [0.25, 0.3) is 0 Å². The Labute approximate surface area is 232 Å². The summed E-state index contributed by atoms with van der Waals surface area (Å²) < 4.78 is 13.3. The minimum absolute atomic E-state index is 0.0188. The molecule has 0 atom stereocenters. The molecule has 5 nitrogen and oxygen atoms in total. The van der Waals surface area contributed by atoms with Crippen LogP contribution in [0.5, 0.6) is 0 Å². The first-order chi connectivity index (χ1) is 19.0. The molecule has 0 radical (unpaired) electrons. The van der Waals surface area contributed by atoms with Crippen molar-refractivity contribution < 1.29 is 14.0 Å². The van der Waals surface area contributed by atoms with Gasteiger partial charge in [-0.05, 0) is 66.6 Å². The number of piperidine rings is 1. The molecule has 0 aromatic heterocycles. The molecule has 1 N–H and O–H groups in total. The molecule has 0 spiro atoms. The van der Waals surface area contributed by atoms with E-state index in [-0.39, 0.29) is 29.6 Å². The Kier molecular flexibility index (Phi) is 10.3. The normalized spacial score (nSPS) is 14.4. The summed E-state index contributed by atoms with van der Waals surface area (Å²) in [4.78, 5) is 30.7. The van der Waals surface area contributed by atoms with Gasteiger partial charge >= 0.3 is 0 Å². The highest BCUT2D eigenvalue weighted by molar-refractivity contribution is 5.94. The second-order valence-corrected chi connectivity index (χ2v) is 10.5. The average molecular weight is 530 g/mol. The number of nitrogens with one attached hydrogen (secondary N) is 1. The van der Waals surface area contributed by atoms with Crippen LogP contribution in [0.15, 0.2) is 78.9 Å². The zero-order valence-corrected chi connectivity index (χ0v) is 23.1. The van der Waals surface area contributed by atoms with E-state index in [1.54, 1.807) is 0 Å². The molecular weight excluding hydrogens is 489 g/mol. The molecule has 1 heterocycles. The van der Waals surface area contributed by atoms with Gasteiger partial charge in [0.1, 0.15) is 5.82 Å². The summed E-state index contributed by atoms with van der Waals surface area (Å²) in [5.74, 6) is -0.0790. The molecule has 0 unspecified atom stereocenters. The van der Waals surface area contributed by atoms with E-state index in [0.717, 1.165) is 62.0 Å². The maximum Gasteiger partial charge on any atom is 0.251 e. The molecule has 0 saturated carbocycles. The molecule has 1 fully saturated rings. The van der Waals surface area contributed by atoms with Gasteiger partial charge in [-0.1, -0.05) is 68.4 Å². The van der Waals surface area contributed by atoms with E-state index < -0.39 is 0 Å². The number of hydrogen-bond acceptors (Lipinski definition) is 3.